The monoisotopic (exact) mass is 293 g/mol. The lowest BCUT2D eigenvalue weighted by atomic mass is 9.89. The van der Waals surface area contributed by atoms with Gasteiger partial charge in [0, 0.05) is 11.1 Å². The van der Waals surface area contributed by atoms with Gasteiger partial charge in [-0.3, -0.25) is 4.79 Å². The van der Waals surface area contributed by atoms with E-state index in [0.29, 0.717) is 13.0 Å². The van der Waals surface area contributed by atoms with Crippen LogP contribution in [0.1, 0.15) is 36.0 Å². The van der Waals surface area contributed by atoms with Gasteiger partial charge in [0.25, 0.3) is 5.56 Å². The van der Waals surface area contributed by atoms with E-state index in [1.807, 2.05) is 0 Å². The van der Waals surface area contributed by atoms with Gasteiger partial charge in [-0.15, -0.1) is 0 Å². The highest BCUT2D eigenvalue weighted by atomic mass is 16.1. The maximum absolute atomic E-state index is 12.5. The Balaban J connectivity index is 2.17. The van der Waals surface area contributed by atoms with Crippen LogP contribution in [0.15, 0.2) is 29.1 Å². The van der Waals surface area contributed by atoms with E-state index in [-0.39, 0.29) is 5.56 Å². The Morgan fingerprint density at radius 1 is 1.18 bits per heavy atom. The minimum Gasteiger partial charge on any atom is -0.267 e. The molecular formula is C18H19N3O. The average Bonchev–Trinajstić information content (AvgIpc) is 2.55. The number of aryl methyl sites for hydroxylation is 2. The van der Waals surface area contributed by atoms with Gasteiger partial charge >= 0.3 is 0 Å². The number of aromatic nitrogens is 2. The summed E-state index contributed by atoms with van der Waals surface area (Å²) in [6, 6.07) is 10.3. The zero-order chi connectivity index (χ0) is 15.5. The van der Waals surface area contributed by atoms with E-state index in [1.54, 1.807) is 0 Å². The SMILES string of the molecule is Cc1ccc(-c2nn(CCC#N)c(=O)c3c2CCCC3)cc1. The third-order valence-corrected chi connectivity index (χ3v) is 4.23. The van der Waals surface area contributed by atoms with Crippen molar-refractivity contribution >= 4 is 0 Å². The molecule has 0 spiro atoms. The molecule has 4 heteroatoms. The van der Waals surface area contributed by atoms with Crippen molar-refractivity contribution in [1.29, 1.82) is 5.26 Å². The molecule has 1 aliphatic carbocycles. The third-order valence-electron chi connectivity index (χ3n) is 4.23. The van der Waals surface area contributed by atoms with Gasteiger partial charge in [-0.05, 0) is 38.2 Å². The third kappa shape index (κ3) is 2.67. The Labute approximate surface area is 130 Å². The van der Waals surface area contributed by atoms with E-state index in [1.165, 1.54) is 10.2 Å². The van der Waals surface area contributed by atoms with Crippen molar-refractivity contribution in [3.8, 4) is 17.3 Å². The topological polar surface area (TPSA) is 58.7 Å². The smallest absolute Gasteiger partial charge is 0.267 e. The van der Waals surface area contributed by atoms with Crippen LogP contribution in [-0.4, -0.2) is 9.78 Å². The highest BCUT2D eigenvalue weighted by Crippen LogP contribution is 2.28. The van der Waals surface area contributed by atoms with Gasteiger partial charge in [-0.25, -0.2) is 4.68 Å². The van der Waals surface area contributed by atoms with Crippen molar-refractivity contribution in [2.75, 3.05) is 0 Å². The maximum atomic E-state index is 12.5. The van der Waals surface area contributed by atoms with Crippen LogP contribution in [0.4, 0.5) is 0 Å². The first-order valence-electron chi connectivity index (χ1n) is 7.77. The lowest BCUT2D eigenvalue weighted by molar-refractivity contribution is 0.563. The molecule has 0 N–H and O–H groups in total. The molecule has 0 radical (unpaired) electrons. The summed E-state index contributed by atoms with van der Waals surface area (Å²) in [7, 11) is 0. The van der Waals surface area contributed by atoms with E-state index in [9.17, 15) is 4.79 Å². The number of fused-ring (bicyclic) bond motifs is 1. The summed E-state index contributed by atoms with van der Waals surface area (Å²) in [5.41, 5.74) is 5.15. The van der Waals surface area contributed by atoms with Gasteiger partial charge in [0.1, 0.15) is 0 Å². The van der Waals surface area contributed by atoms with E-state index < -0.39 is 0 Å². The Kier molecular flexibility index (Phi) is 4.06. The van der Waals surface area contributed by atoms with Gasteiger partial charge in [-0.2, -0.15) is 10.4 Å². The molecule has 112 valence electrons. The quantitative estimate of drug-likeness (QED) is 0.874. The molecule has 22 heavy (non-hydrogen) atoms. The predicted octanol–water partition coefficient (Wildman–Crippen LogP) is 3.01. The lowest BCUT2D eigenvalue weighted by Gasteiger charge is -2.20. The van der Waals surface area contributed by atoms with Crippen molar-refractivity contribution in [1.82, 2.24) is 9.78 Å². The molecule has 0 saturated carbocycles. The largest absolute Gasteiger partial charge is 0.270 e. The fraction of sp³-hybridized carbons (Fsp3) is 0.389. The second-order valence-corrected chi connectivity index (χ2v) is 5.82. The minimum atomic E-state index is -0.0131. The summed E-state index contributed by atoms with van der Waals surface area (Å²) < 4.78 is 1.47. The predicted molar refractivity (Wildman–Crippen MR) is 85.5 cm³/mol. The van der Waals surface area contributed by atoms with Gasteiger partial charge < -0.3 is 0 Å². The summed E-state index contributed by atoms with van der Waals surface area (Å²) in [6.45, 7) is 2.42. The highest BCUT2D eigenvalue weighted by Gasteiger charge is 2.20. The number of hydrogen-bond acceptors (Lipinski definition) is 3. The van der Waals surface area contributed by atoms with E-state index >= 15 is 0 Å². The first kappa shape index (κ1) is 14.5. The Morgan fingerprint density at radius 2 is 1.86 bits per heavy atom. The van der Waals surface area contributed by atoms with Crippen LogP contribution in [0, 0.1) is 18.3 Å². The van der Waals surface area contributed by atoms with Crippen molar-refractivity contribution in [2.24, 2.45) is 0 Å². The molecule has 1 aromatic heterocycles. The fourth-order valence-corrected chi connectivity index (χ4v) is 3.04. The minimum absolute atomic E-state index is 0.0131. The molecule has 0 unspecified atom stereocenters. The standard InChI is InChI=1S/C18H19N3O/c1-13-7-9-14(10-8-13)17-15-5-2-3-6-16(15)18(22)21(20-17)12-4-11-19/h7-10H,2-6,12H2,1H3. The first-order valence-corrected chi connectivity index (χ1v) is 7.77. The fourth-order valence-electron chi connectivity index (χ4n) is 3.04. The van der Waals surface area contributed by atoms with Crippen molar-refractivity contribution in [2.45, 2.75) is 45.6 Å². The molecule has 1 heterocycles. The van der Waals surface area contributed by atoms with Crippen LogP contribution in [0.3, 0.4) is 0 Å². The molecule has 3 rings (SSSR count). The second kappa shape index (κ2) is 6.15. The Morgan fingerprint density at radius 3 is 2.55 bits per heavy atom. The molecule has 0 fully saturated rings. The molecule has 4 nitrogen and oxygen atoms in total. The molecule has 0 atom stereocenters. The van der Waals surface area contributed by atoms with Gasteiger partial charge in [-0.1, -0.05) is 29.8 Å². The lowest BCUT2D eigenvalue weighted by Crippen LogP contribution is -2.30. The van der Waals surface area contributed by atoms with E-state index in [2.05, 4.69) is 42.4 Å². The zero-order valence-electron chi connectivity index (χ0n) is 12.8. The van der Waals surface area contributed by atoms with Crippen LogP contribution in [-0.2, 0) is 19.4 Å². The number of nitrogens with zero attached hydrogens (tertiary/aromatic N) is 3. The van der Waals surface area contributed by atoms with Crippen LogP contribution < -0.4 is 5.56 Å². The van der Waals surface area contributed by atoms with E-state index in [0.717, 1.165) is 48.1 Å². The van der Waals surface area contributed by atoms with Gasteiger partial charge in [0.2, 0.25) is 0 Å². The van der Waals surface area contributed by atoms with Gasteiger partial charge in [0.05, 0.1) is 24.7 Å². The van der Waals surface area contributed by atoms with Crippen molar-refractivity contribution < 1.29 is 0 Å². The first-order chi connectivity index (χ1) is 10.7. The van der Waals surface area contributed by atoms with Gasteiger partial charge in [0.15, 0.2) is 0 Å². The normalized spacial score (nSPS) is 13.5. The Bertz CT molecular complexity index is 782. The summed E-state index contributed by atoms with van der Waals surface area (Å²) in [4.78, 5) is 12.5. The molecule has 0 aliphatic heterocycles. The molecule has 0 saturated heterocycles. The summed E-state index contributed by atoms with van der Waals surface area (Å²) in [6.07, 6.45) is 4.20. The van der Waals surface area contributed by atoms with Crippen LogP contribution in [0.5, 0.6) is 0 Å². The maximum Gasteiger partial charge on any atom is 0.270 e. The molecule has 1 aromatic carbocycles. The molecule has 2 aromatic rings. The van der Waals surface area contributed by atoms with Crippen LogP contribution in [0.2, 0.25) is 0 Å². The summed E-state index contributed by atoms with van der Waals surface area (Å²) >= 11 is 0. The highest BCUT2D eigenvalue weighted by molar-refractivity contribution is 5.64. The van der Waals surface area contributed by atoms with Crippen molar-refractivity contribution in [3.63, 3.8) is 0 Å². The molecule has 1 aliphatic rings. The van der Waals surface area contributed by atoms with E-state index in [4.69, 9.17) is 5.26 Å². The number of hydrogen-bond donors (Lipinski definition) is 0. The average molecular weight is 293 g/mol. The zero-order valence-corrected chi connectivity index (χ0v) is 12.8. The molecule has 0 bridgehead atoms. The van der Waals surface area contributed by atoms with Crippen LogP contribution >= 0.6 is 0 Å². The number of rotatable bonds is 3. The Hall–Kier alpha value is -2.41. The summed E-state index contributed by atoms with van der Waals surface area (Å²) in [5.74, 6) is 0. The van der Waals surface area contributed by atoms with Crippen LogP contribution in [0.25, 0.3) is 11.3 Å². The second-order valence-electron chi connectivity index (χ2n) is 5.82. The number of nitriles is 1. The molecular weight excluding hydrogens is 274 g/mol. The molecule has 0 amide bonds. The van der Waals surface area contributed by atoms with Crippen molar-refractivity contribution in [3.05, 3.63) is 51.3 Å². The number of benzene rings is 1. The summed E-state index contributed by atoms with van der Waals surface area (Å²) in [5, 5.41) is 13.4.